The van der Waals surface area contributed by atoms with Gasteiger partial charge in [0.2, 0.25) is 0 Å². The van der Waals surface area contributed by atoms with Crippen molar-refractivity contribution in [3.8, 4) is 0 Å². The highest BCUT2D eigenvalue weighted by molar-refractivity contribution is 5.92. The second kappa shape index (κ2) is 6.93. The van der Waals surface area contributed by atoms with Gasteiger partial charge in [0.15, 0.2) is 0 Å². The molecular formula is C15H22N2O3. The van der Waals surface area contributed by atoms with Gasteiger partial charge in [-0.15, -0.1) is 0 Å². The molecule has 1 rings (SSSR count). The monoisotopic (exact) mass is 278 g/mol. The van der Waals surface area contributed by atoms with Crippen LogP contribution in [0.5, 0.6) is 0 Å². The lowest BCUT2D eigenvalue weighted by molar-refractivity contribution is -0.137. The summed E-state index contributed by atoms with van der Waals surface area (Å²) in [5.74, 6) is -0.853. The number of carboxylic acids is 1. The van der Waals surface area contributed by atoms with Gasteiger partial charge in [-0.1, -0.05) is 17.7 Å². The Kier molecular flexibility index (Phi) is 5.55. The number of hydrogen-bond acceptors (Lipinski definition) is 2. The van der Waals surface area contributed by atoms with Crippen LogP contribution < -0.4 is 10.2 Å². The molecule has 0 heterocycles. The van der Waals surface area contributed by atoms with E-state index in [1.165, 1.54) is 0 Å². The summed E-state index contributed by atoms with van der Waals surface area (Å²) in [6.07, 6.45) is 0.469. The van der Waals surface area contributed by atoms with E-state index in [1.807, 2.05) is 32.0 Å². The Morgan fingerprint density at radius 2 is 2.00 bits per heavy atom. The number of urea groups is 1. The lowest BCUT2D eigenvalue weighted by atomic mass is 10.1. The molecule has 110 valence electrons. The first-order chi connectivity index (χ1) is 9.31. The van der Waals surface area contributed by atoms with Gasteiger partial charge < -0.3 is 10.4 Å². The van der Waals surface area contributed by atoms with Crippen LogP contribution in [0.4, 0.5) is 10.5 Å². The molecule has 1 aromatic rings. The molecule has 0 fully saturated rings. The molecule has 0 aliphatic rings. The lowest BCUT2D eigenvalue weighted by Gasteiger charge is -2.23. The highest BCUT2D eigenvalue weighted by atomic mass is 16.4. The third-order valence-corrected chi connectivity index (χ3v) is 3.18. The molecule has 0 aliphatic carbocycles. The number of aryl methyl sites for hydroxylation is 2. The molecule has 0 bridgehead atoms. The van der Waals surface area contributed by atoms with Gasteiger partial charge in [0, 0.05) is 25.2 Å². The van der Waals surface area contributed by atoms with E-state index in [9.17, 15) is 9.59 Å². The average Bonchev–Trinajstić information content (AvgIpc) is 2.35. The van der Waals surface area contributed by atoms with Crippen LogP contribution in [0.15, 0.2) is 18.2 Å². The standard InChI is InChI=1S/C15H22N2O3/c1-10-5-7-13(11(2)9-10)17(4)15(20)16-12(3)6-8-14(18)19/h5,7,9,12H,6,8H2,1-4H3,(H,16,20)(H,18,19). The number of amides is 2. The van der Waals surface area contributed by atoms with Gasteiger partial charge in [-0.05, 0) is 38.8 Å². The first-order valence-electron chi connectivity index (χ1n) is 6.64. The Morgan fingerprint density at radius 3 is 2.55 bits per heavy atom. The van der Waals surface area contributed by atoms with Crippen molar-refractivity contribution in [1.29, 1.82) is 0 Å². The minimum atomic E-state index is -0.853. The number of carboxylic acid groups (broad SMARTS) is 1. The van der Waals surface area contributed by atoms with E-state index in [4.69, 9.17) is 5.11 Å². The third kappa shape index (κ3) is 4.57. The number of hydrogen-bond donors (Lipinski definition) is 2. The molecule has 0 radical (unpaired) electrons. The highest BCUT2D eigenvalue weighted by Gasteiger charge is 2.15. The average molecular weight is 278 g/mol. The largest absolute Gasteiger partial charge is 0.481 e. The minimum Gasteiger partial charge on any atom is -0.481 e. The van der Waals surface area contributed by atoms with Crippen molar-refractivity contribution in [3.63, 3.8) is 0 Å². The van der Waals surface area contributed by atoms with Crippen LogP contribution in [0, 0.1) is 13.8 Å². The molecule has 5 nitrogen and oxygen atoms in total. The van der Waals surface area contributed by atoms with Gasteiger partial charge in [-0.2, -0.15) is 0 Å². The van der Waals surface area contributed by atoms with Gasteiger partial charge in [0.1, 0.15) is 0 Å². The van der Waals surface area contributed by atoms with Gasteiger partial charge in [-0.3, -0.25) is 9.69 Å². The van der Waals surface area contributed by atoms with Crippen LogP contribution in [0.2, 0.25) is 0 Å². The summed E-state index contributed by atoms with van der Waals surface area (Å²) >= 11 is 0. The zero-order valence-corrected chi connectivity index (χ0v) is 12.4. The molecule has 0 aliphatic heterocycles. The maximum Gasteiger partial charge on any atom is 0.321 e. The fourth-order valence-corrected chi connectivity index (χ4v) is 2.01. The summed E-state index contributed by atoms with van der Waals surface area (Å²) in [5.41, 5.74) is 3.02. The molecule has 1 unspecified atom stereocenters. The second-order valence-corrected chi connectivity index (χ2v) is 5.13. The van der Waals surface area contributed by atoms with Crippen LogP contribution in [0.1, 0.15) is 30.9 Å². The molecule has 5 heteroatoms. The van der Waals surface area contributed by atoms with Gasteiger partial charge >= 0.3 is 12.0 Å². The number of anilines is 1. The topological polar surface area (TPSA) is 69.6 Å². The molecule has 20 heavy (non-hydrogen) atoms. The summed E-state index contributed by atoms with van der Waals surface area (Å²) in [6.45, 7) is 5.77. The Hall–Kier alpha value is -2.04. The first kappa shape index (κ1) is 16.0. The second-order valence-electron chi connectivity index (χ2n) is 5.13. The molecule has 0 saturated heterocycles. The number of carbonyl (C=O) groups is 2. The van der Waals surface area contributed by atoms with Crippen LogP contribution in [-0.2, 0) is 4.79 Å². The van der Waals surface area contributed by atoms with Crippen molar-refractivity contribution in [2.75, 3.05) is 11.9 Å². The molecular weight excluding hydrogens is 256 g/mol. The summed E-state index contributed by atoms with van der Waals surface area (Å²) in [5, 5.41) is 11.4. The Bertz CT molecular complexity index is 500. The van der Waals surface area contributed by atoms with Gasteiger partial charge in [0.05, 0.1) is 0 Å². The van der Waals surface area contributed by atoms with Crippen LogP contribution in [0.3, 0.4) is 0 Å². The van der Waals surface area contributed by atoms with Crippen molar-refractivity contribution in [2.45, 2.75) is 39.7 Å². The number of benzene rings is 1. The zero-order valence-electron chi connectivity index (χ0n) is 12.4. The molecule has 0 saturated carbocycles. The number of aliphatic carboxylic acids is 1. The van der Waals surface area contributed by atoms with Gasteiger partial charge in [-0.25, -0.2) is 4.79 Å². The predicted molar refractivity (Wildman–Crippen MR) is 79.2 cm³/mol. The summed E-state index contributed by atoms with van der Waals surface area (Å²) in [4.78, 5) is 24.1. The zero-order chi connectivity index (χ0) is 15.3. The van der Waals surface area contributed by atoms with E-state index >= 15 is 0 Å². The fourth-order valence-electron chi connectivity index (χ4n) is 2.01. The van der Waals surface area contributed by atoms with E-state index in [2.05, 4.69) is 5.32 Å². The molecule has 2 N–H and O–H groups in total. The fraction of sp³-hybridized carbons (Fsp3) is 0.467. The number of nitrogens with zero attached hydrogens (tertiary/aromatic N) is 1. The van der Waals surface area contributed by atoms with E-state index in [0.29, 0.717) is 6.42 Å². The Balaban J connectivity index is 2.64. The van der Waals surface area contributed by atoms with Crippen molar-refractivity contribution in [2.24, 2.45) is 0 Å². The number of nitrogens with one attached hydrogen (secondary N) is 1. The highest BCUT2D eigenvalue weighted by Crippen LogP contribution is 2.20. The summed E-state index contributed by atoms with van der Waals surface area (Å²) < 4.78 is 0. The molecule has 0 aromatic heterocycles. The minimum absolute atomic E-state index is 0.0503. The predicted octanol–water partition coefficient (Wildman–Crippen LogP) is 2.70. The Morgan fingerprint density at radius 1 is 1.35 bits per heavy atom. The molecule has 1 aromatic carbocycles. The van der Waals surface area contributed by atoms with E-state index in [0.717, 1.165) is 16.8 Å². The maximum atomic E-state index is 12.1. The molecule has 0 spiro atoms. The smallest absolute Gasteiger partial charge is 0.321 e. The lowest BCUT2D eigenvalue weighted by Crippen LogP contribution is -2.42. The van der Waals surface area contributed by atoms with E-state index < -0.39 is 5.97 Å². The first-order valence-corrected chi connectivity index (χ1v) is 6.64. The maximum absolute atomic E-state index is 12.1. The van der Waals surface area contributed by atoms with Gasteiger partial charge in [0.25, 0.3) is 0 Å². The van der Waals surface area contributed by atoms with Crippen LogP contribution in [-0.4, -0.2) is 30.2 Å². The Labute approximate surface area is 119 Å². The number of carbonyl (C=O) groups excluding carboxylic acids is 1. The quantitative estimate of drug-likeness (QED) is 0.870. The van der Waals surface area contributed by atoms with Crippen molar-refractivity contribution in [3.05, 3.63) is 29.3 Å². The van der Waals surface area contributed by atoms with Crippen molar-refractivity contribution in [1.82, 2.24) is 5.32 Å². The molecule has 1 atom stereocenters. The normalized spacial score (nSPS) is 11.8. The summed E-state index contributed by atoms with van der Waals surface area (Å²) in [6, 6.07) is 5.49. The van der Waals surface area contributed by atoms with E-state index in [1.54, 1.807) is 18.9 Å². The molecule has 2 amide bonds. The third-order valence-electron chi connectivity index (χ3n) is 3.18. The SMILES string of the molecule is Cc1ccc(N(C)C(=O)NC(C)CCC(=O)O)c(C)c1. The van der Waals surface area contributed by atoms with Crippen molar-refractivity contribution < 1.29 is 14.7 Å². The van der Waals surface area contributed by atoms with Crippen LogP contribution >= 0.6 is 0 Å². The number of rotatable bonds is 5. The van der Waals surface area contributed by atoms with E-state index in [-0.39, 0.29) is 18.5 Å². The summed E-state index contributed by atoms with van der Waals surface area (Å²) in [7, 11) is 1.71. The van der Waals surface area contributed by atoms with Crippen molar-refractivity contribution >= 4 is 17.7 Å². The van der Waals surface area contributed by atoms with Crippen LogP contribution in [0.25, 0.3) is 0 Å².